The van der Waals surface area contributed by atoms with Gasteiger partial charge in [-0.05, 0) is 66.4 Å². The molecule has 2 unspecified atom stereocenters. The van der Waals surface area contributed by atoms with Crippen molar-refractivity contribution in [3.63, 3.8) is 0 Å². The van der Waals surface area contributed by atoms with Gasteiger partial charge in [0.15, 0.2) is 0 Å². The van der Waals surface area contributed by atoms with Crippen LogP contribution in [0.25, 0.3) is 44.7 Å². The third-order valence-corrected chi connectivity index (χ3v) is 9.16. The molecule has 0 saturated carbocycles. The maximum atomic E-state index is 5.11. The highest BCUT2D eigenvalue weighted by Crippen LogP contribution is 2.48. The number of para-hydroxylation sites is 1. The van der Waals surface area contributed by atoms with E-state index in [1.54, 1.807) is 0 Å². The fourth-order valence-electron chi connectivity index (χ4n) is 7.04. The molecule has 0 spiro atoms. The van der Waals surface area contributed by atoms with Crippen molar-refractivity contribution < 1.29 is 0 Å². The number of aryl methyl sites for hydroxylation is 1. The first kappa shape index (κ1) is 27.8. The van der Waals surface area contributed by atoms with E-state index in [-0.39, 0.29) is 12.0 Å². The highest BCUT2D eigenvalue weighted by molar-refractivity contribution is 5.97. The molecule has 0 fully saturated rings. The van der Waals surface area contributed by atoms with Crippen LogP contribution in [-0.2, 0) is 0 Å². The number of nitrogens with zero attached hydrogens (tertiary/aromatic N) is 4. The number of hydrogen-bond acceptors (Lipinski definition) is 3. The summed E-state index contributed by atoms with van der Waals surface area (Å²) in [7, 11) is 0. The summed E-state index contributed by atoms with van der Waals surface area (Å²) in [5, 5.41) is 1.21. The van der Waals surface area contributed by atoms with Gasteiger partial charge in [-0.2, -0.15) is 0 Å². The minimum Gasteiger partial charge on any atom is -0.316 e. The van der Waals surface area contributed by atoms with Crippen LogP contribution in [0.15, 0.2) is 164 Å². The van der Waals surface area contributed by atoms with Crippen molar-refractivity contribution in [3.05, 3.63) is 175 Å². The summed E-state index contributed by atoms with van der Waals surface area (Å²) in [6.45, 7) is 4.34. The molecule has 1 aliphatic carbocycles. The Labute approximate surface area is 270 Å². The van der Waals surface area contributed by atoms with Crippen molar-refractivity contribution in [2.75, 3.05) is 4.90 Å². The lowest BCUT2D eigenvalue weighted by atomic mass is 9.90. The van der Waals surface area contributed by atoms with E-state index in [9.17, 15) is 0 Å². The number of fused-ring (bicyclic) bond motifs is 2. The average Bonchev–Trinajstić information content (AvgIpc) is 3.60. The van der Waals surface area contributed by atoms with Gasteiger partial charge in [-0.25, -0.2) is 9.97 Å². The highest BCUT2D eigenvalue weighted by atomic mass is 15.3. The number of rotatable bonds is 6. The van der Waals surface area contributed by atoms with E-state index in [0.29, 0.717) is 0 Å². The van der Waals surface area contributed by atoms with Crippen molar-refractivity contribution in [3.8, 4) is 28.1 Å². The second kappa shape index (κ2) is 11.6. The van der Waals surface area contributed by atoms with E-state index in [4.69, 9.17) is 9.97 Å². The van der Waals surface area contributed by atoms with Crippen LogP contribution < -0.4 is 4.90 Å². The lowest BCUT2D eigenvalue weighted by Gasteiger charge is -2.30. The van der Waals surface area contributed by atoms with E-state index in [1.165, 1.54) is 16.5 Å². The van der Waals surface area contributed by atoms with Gasteiger partial charge in [-0.1, -0.05) is 115 Å². The molecule has 0 bridgehead atoms. The minimum absolute atomic E-state index is 0.0977. The van der Waals surface area contributed by atoms with E-state index in [2.05, 4.69) is 157 Å². The first-order valence-electron chi connectivity index (χ1n) is 15.9. The third kappa shape index (κ3) is 4.62. The van der Waals surface area contributed by atoms with Crippen LogP contribution in [0.4, 0.5) is 5.82 Å². The Morgan fingerprint density at radius 1 is 0.630 bits per heavy atom. The van der Waals surface area contributed by atoms with Crippen LogP contribution in [-0.4, -0.2) is 20.6 Å². The van der Waals surface area contributed by atoms with Crippen molar-refractivity contribution in [1.29, 1.82) is 0 Å². The normalized spacial score (nSPS) is 17.4. The van der Waals surface area contributed by atoms with Gasteiger partial charge >= 0.3 is 0 Å². The van der Waals surface area contributed by atoms with Crippen molar-refractivity contribution in [2.24, 2.45) is 5.92 Å². The second-order valence-electron chi connectivity index (χ2n) is 11.8. The van der Waals surface area contributed by atoms with E-state index in [0.717, 1.165) is 50.8 Å². The fourth-order valence-corrected chi connectivity index (χ4v) is 7.04. The molecule has 0 N–H and O–H groups in total. The summed E-state index contributed by atoms with van der Waals surface area (Å²) in [5.41, 5.74) is 10.4. The summed E-state index contributed by atoms with van der Waals surface area (Å²) in [6.07, 6.45) is 17.4. The van der Waals surface area contributed by atoms with Crippen molar-refractivity contribution >= 4 is 22.4 Å². The summed E-state index contributed by atoms with van der Waals surface area (Å²) < 4.78 is 2.34. The molecular weight excluding hydrogens is 560 g/mol. The Balaban J connectivity index is 1.35. The Morgan fingerprint density at radius 2 is 1.24 bits per heavy atom. The number of allylic oxidation sites excluding steroid dienone is 4. The topological polar surface area (TPSA) is 34.0 Å². The summed E-state index contributed by atoms with van der Waals surface area (Å²) in [6, 6.07) is 38.3. The number of aromatic nitrogens is 3. The van der Waals surface area contributed by atoms with Crippen LogP contribution in [0.1, 0.15) is 18.2 Å². The number of pyridine rings is 2. The van der Waals surface area contributed by atoms with Crippen molar-refractivity contribution in [2.45, 2.75) is 19.9 Å². The van der Waals surface area contributed by atoms with Gasteiger partial charge in [-0.3, -0.25) is 4.57 Å². The summed E-state index contributed by atoms with van der Waals surface area (Å²) in [4.78, 5) is 12.6. The van der Waals surface area contributed by atoms with Gasteiger partial charge < -0.3 is 4.90 Å². The zero-order chi connectivity index (χ0) is 31.0. The second-order valence-corrected chi connectivity index (χ2v) is 11.8. The molecule has 8 rings (SSSR count). The van der Waals surface area contributed by atoms with Gasteiger partial charge in [-0.15, -0.1) is 0 Å². The number of anilines is 1. The van der Waals surface area contributed by atoms with E-state index in [1.807, 2.05) is 24.5 Å². The zero-order valence-electron chi connectivity index (χ0n) is 26.0. The van der Waals surface area contributed by atoms with Crippen LogP contribution in [0.5, 0.6) is 0 Å². The molecule has 3 aromatic carbocycles. The molecule has 0 amide bonds. The first-order chi connectivity index (χ1) is 22.7. The lowest BCUT2D eigenvalue weighted by Crippen LogP contribution is -2.33. The van der Waals surface area contributed by atoms with Gasteiger partial charge in [0.25, 0.3) is 0 Å². The van der Waals surface area contributed by atoms with Gasteiger partial charge in [0, 0.05) is 34.8 Å². The fraction of sp³-hybridized carbons (Fsp3) is 0.0952. The molecule has 2 aliphatic rings. The average molecular weight is 595 g/mol. The SMILES string of the molecule is C/C=C\C1=C(c2c(C)c3ccccc3n2-c2ccc(-c3ccccc3)cn2)N(c2ccc(-c3ccccc3)cn2)C2C=CC=CC12. The Hall–Kier alpha value is -5.74. The monoisotopic (exact) mass is 594 g/mol. The van der Waals surface area contributed by atoms with Crippen molar-refractivity contribution in [1.82, 2.24) is 14.5 Å². The predicted octanol–water partition coefficient (Wildman–Crippen LogP) is 9.98. The molecule has 4 heterocycles. The maximum Gasteiger partial charge on any atom is 0.137 e. The molecule has 46 heavy (non-hydrogen) atoms. The standard InChI is InChI=1S/C42H34N4/c1-3-14-36-35-20-11-13-22-38(35)46(40-26-24-33(28-44-40)31-17-8-5-9-18-31)42(36)41-29(2)34-19-10-12-21-37(34)45(41)39-25-23-32(27-43-39)30-15-6-4-7-16-30/h3-28,35,38H,1-2H3/b14-3-. The number of benzene rings is 3. The molecule has 2 atom stereocenters. The Bertz CT molecular complexity index is 2150. The lowest BCUT2D eigenvalue weighted by molar-refractivity contribution is 0.684. The molecule has 4 nitrogen and oxygen atoms in total. The summed E-state index contributed by atoms with van der Waals surface area (Å²) in [5.74, 6) is 2.00. The largest absolute Gasteiger partial charge is 0.316 e. The van der Waals surface area contributed by atoms with Gasteiger partial charge in [0.1, 0.15) is 11.6 Å². The molecule has 0 saturated heterocycles. The molecule has 3 aromatic heterocycles. The van der Waals surface area contributed by atoms with Crippen LogP contribution >= 0.6 is 0 Å². The third-order valence-electron chi connectivity index (χ3n) is 9.16. The Morgan fingerprint density at radius 3 is 1.87 bits per heavy atom. The Kier molecular flexibility index (Phi) is 7.03. The zero-order valence-corrected chi connectivity index (χ0v) is 26.0. The van der Waals surface area contributed by atoms with Crippen LogP contribution in [0.2, 0.25) is 0 Å². The van der Waals surface area contributed by atoms with Crippen LogP contribution in [0.3, 0.4) is 0 Å². The highest BCUT2D eigenvalue weighted by Gasteiger charge is 2.41. The van der Waals surface area contributed by atoms with Gasteiger partial charge in [0.05, 0.1) is 22.9 Å². The first-order valence-corrected chi connectivity index (χ1v) is 15.9. The smallest absolute Gasteiger partial charge is 0.137 e. The quantitative estimate of drug-likeness (QED) is 0.192. The molecule has 1 aliphatic heterocycles. The van der Waals surface area contributed by atoms with E-state index >= 15 is 0 Å². The molecular formula is C42H34N4. The maximum absolute atomic E-state index is 5.11. The molecule has 6 aromatic rings. The summed E-state index contributed by atoms with van der Waals surface area (Å²) >= 11 is 0. The predicted molar refractivity (Wildman–Crippen MR) is 191 cm³/mol. The molecule has 4 heteroatoms. The van der Waals surface area contributed by atoms with E-state index < -0.39 is 0 Å². The molecule has 222 valence electrons. The molecule has 0 radical (unpaired) electrons. The number of hydrogen-bond donors (Lipinski definition) is 0. The van der Waals surface area contributed by atoms with Gasteiger partial charge in [0.2, 0.25) is 0 Å². The van der Waals surface area contributed by atoms with Crippen LogP contribution in [0, 0.1) is 12.8 Å². The minimum atomic E-state index is 0.0977.